The zero-order chi connectivity index (χ0) is 27.4. The fourth-order valence-electron chi connectivity index (χ4n) is 4.71. The predicted molar refractivity (Wildman–Crippen MR) is 151 cm³/mol. The molecule has 0 spiro atoms. The largest absolute Gasteiger partial charge is 0.361 e. The summed E-state index contributed by atoms with van der Waals surface area (Å²) >= 11 is 5.47. The predicted octanol–water partition coefficient (Wildman–Crippen LogP) is 3.63. The van der Waals surface area contributed by atoms with Gasteiger partial charge in [-0.1, -0.05) is 61.9 Å². The Kier molecular flexibility index (Phi) is 7.64. The number of hydrogen-bond acceptors (Lipinski definition) is 5. The number of amides is 3. The Hall–Kier alpha value is -4.57. The average Bonchev–Trinajstić information content (AvgIpc) is 3.43. The molecule has 5 rings (SSSR count). The molecule has 4 aromatic rings. The summed E-state index contributed by atoms with van der Waals surface area (Å²) in [6, 6.07) is 23.9. The van der Waals surface area contributed by atoms with Gasteiger partial charge in [-0.3, -0.25) is 19.9 Å². The molecule has 3 amide bonds. The van der Waals surface area contributed by atoms with E-state index in [1.807, 2.05) is 36.4 Å². The van der Waals surface area contributed by atoms with Crippen molar-refractivity contribution in [1.82, 2.24) is 30.8 Å². The second kappa shape index (κ2) is 11.4. The van der Waals surface area contributed by atoms with Crippen molar-refractivity contribution in [2.75, 3.05) is 6.54 Å². The number of hydrazine groups is 1. The van der Waals surface area contributed by atoms with Crippen LogP contribution in [0, 0.1) is 6.07 Å². The molecule has 10 heteroatoms. The SMILES string of the molecule is CCCc1nn(C(=O)NNC(=S)N[C@H](Cc2ccccc2)CN2C(=O)c3ccccc3C2=O)c2cc[c]cc12. The number of imide groups is 1. The van der Waals surface area contributed by atoms with Crippen LogP contribution in [0.1, 0.15) is 45.3 Å². The number of nitrogens with one attached hydrogen (secondary N) is 3. The van der Waals surface area contributed by atoms with Crippen LogP contribution < -0.4 is 16.2 Å². The first kappa shape index (κ1) is 26.1. The van der Waals surface area contributed by atoms with Crippen molar-refractivity contribution in [3.8, 4) is 0 Å². The highest BCUT2D eigenvalue weighted by Crippen LogP contribution is 2.23. The van der Waals surface area contributed by atoms with Gasteiger partial charge in [0, 0.05) is 11.9 Å². The van der Waals surface area contributed by atoms with Crippen LogP contribution in [0.2, 0.25) is 0 Å². The molecule has 1 atom stereocenters. The lowest BCUT2D eigenvalue weighted by Crippen LogP contribution is -2.54. The molecular formula is C29H27N6O3S. The molecule has 0 saturated heterocycles. The molecule has 3 N–H and O–H groups in total. The number of carbonyl (C=O) groups excluding carboxylic acids is 3. The Morgan fingerprint density at radius 1 is 1.00 bits per heavy atom. The van der Waals surface area contributed by atoms with Crippen LogP contribution >= 0.6 is 12.2 Å². The molecule has 0 saturated carbocycles. The third-order valence-electron chi connectivity index (χ3n) is 6.50. The number of rotatable bonds is 7. The Morgan fingerprint density at radius 2 is 1.69 bits per heavy atom. The van der Waals surface area contributed by atoms with Crippen molar-refractivity contribution in [2.45, 2.75) is 32.2 Å². The lowest BCUT2D eigenvalue weighted by Gasteiger charge is -2.25. The molecule has 0 bridgehead atoms. The number of aromatic nitrogens is 2. The average molecular weight is 540 g/mol. The van der Waals surface area contributed by atoms with E-state index in [0.717, 1.165) is 29.5 Å². The number of aryl methyl sites for hydroxylation is 1. The molecule has 0 fully saturated rings. The molecule has 3 aromatic carbocycles. The van der Waals surface area contributed by atoms with E-state index in [1.54, 1.807) is 36.4 Å². The minimum Gasteiger partial charge on any atom is -0.356 e. The molecule has 9 nitrogen and oxygen atoms in total. The fourth-order valence-corrected chi connectivity index (χ4v) is 4.93. The van der Waals surface area contributed by atoms with E-state index >= 15 is 0 Å². The first-order valence-corrected chi connectivity index (χ1v) is 13.1. The highest BCUT2D eigenvalue weighted by molar-refractivity contribution is 7.80. The summed E-state index contributed by atoms with van der Waals surface area (Å²) < 4.78 is 1.30. The quantitative estimate of drug-likeness (QED) is 0.187. The minimum absolute atomic E-state index is 0.0949. The third kappa shape index (κ3) is 5.51. The number of benzene rings is 3. The number of carbonyl (C=O) groups is 3. The molecule has 2 heterocycles. The summed E-state index contributed by atoms with van der Waals surface area (Å²) in [6.45, 7) is 2.15. The maximum Gasteiger partial charge on any atom is 0.361 e. The smallest absolute Gasteiger partial charge is 0.356 e. The van der Waals surface area contributed by atoms with Gasteiger partial charge in [-0.25, -0.2) is 10.2 Å². The number of nitrogens with zero attached hydrogens (tertiary/aromatic N) is 3. The summed E-state index contributed by atoms with van der Waals surface area (Å²) in [5.74, 6) is -0.679. The van der Waals surface area contributed by atoms with Crippen molar-refractivity contribution in [2.24, 2.45) is 0 Å². The molecule has 1 aliphatic heterocycles. The van der Waals surface area contributed by atoms with Crippen molar-refractivity contribution >= 4 is 46.1 Å². The maximum absolute atomic E-state index is 13.0. The van der Waals surface area contributed by atoms with Crippen molar-refractivity contribution in [1.29, 1.82) is 0 Å². The Balaban J connectivity index is 1.28. The van der Waals surface area contributed by atoms with Gasteiger partial charge in [0.1, 0.15) is 0 Å². The van der Waals surface area contributed by atoms with Crippen LogP contribution in [0.4, 0.5) is 4.79 Å². The van der Waals surface area contributed by atoms with E-state index < -0.39 is 12.1 Å². The zero-order valence-corrected chi connectivity index (χ0v) is 22.1. The summed E-state index contributed by atoms with van der Waals surface area (Å²) in [6.07, 6.45) is 2.12. The normalized spacial score (nSPS) is 13.3. The van der Waals surface area contributed by atoms with Gasteiger partial charge in [-0.05, 0) is 61.0 Å². The summed E-state index contributed by atoms with van der Waals surface area (Å²) in [4.78, 5) is 40.1. The zero-order valence-electron chi connectivity index (χ0n) is 21.3. The van der Waals surface area contributed by atoms with Gasteiger partial charge in [0.15, 0.2) is 5.11 Å². The van der Waals surface area contributed by atoms with Gasteiger partial charge < -0.3 is 5.32 Å². The van der Waals surface area contributed by atoms with Crippen LogP contribution in [0.25, 0.3) is 10.9 Å². The Bertz CT molecular complexity index is 1520. The molecule has 1 aliphatic rings. The maximum atomic E-state index is 13.0. The summed E-state index contributed by atoms with van der Waals surface area (Å²) in [5.41, 5.74) is 8.60. The van der Waals surface area contributed by atoms with Crippen molar-refractivity contribution < 1.29 is 14.4 Å². The van der Waals surface area contributed by atoms with Gasteiger partial charge >= 0.3 is 6.03 Å². The van der Waals surface area contributed by atoms with Crippen LogP contribution in [-0.4, -0.2) is 50.2 Å². The topological polar surface area (TPSA) is 108 Å². The second-order valence-electron chi connectivity index (χ2n) is 9.23. The van der Waals surface area contributed by atoms with Crippen LogP contribution in [0.3, 0.4) is 0 Å². The number of thiocarbonyl (C=S) groups is 1. The molecule has 39 heavy (non-hydrogen) atoms. The fraction of sp³-hybridized carbons (Fsp3) is 0.207. The Morgan fingerprint density at radius 3 is 2.38 bits per heavy atom. The first-order valence-electron chi connectivity index (χ1n) is 12.7. The van der Waals surface area contributed by atoms with Crippen molar-refractivity contribution in [3.05, 3.63) is 101 Å². The van der Waals surface area contributed by atoms with Crippen LogP contribution in [0.15, 0.2) is 72.8 Å². The molecule has 1 radical (unpaired) electrons. The minimum atomic E-state index is -0.502. The highest BCUT2D eigenvalue weighted by Gasteiger charge is 2.36. The molecule has 1 aromatic heterocycles. The third-order valence-corrected chi connectivity index (χ3v) is 6.72. The van der Waals surface area contributed by atoms with Gasteiger partial charge in [0.05, 0.1) is 28.4 Å². The van der Waals surface area contributed by atoms with Crippen molar-refractivity contribution in [3.63, 3.8) is 0 Å². The lowest BCUT2D eigenvalue weighted by molar-refractivity contribution is 0.0641. The second-order valence-corrected chi connectivity index (χ2v) is 9.64. The van der Waals surface area contributed by atoms with E-state index in [-0.39, 0.29) is 23.5 Å². The standard InChI is InChI=1S/C29H27N6O3S/c1-2-10-24-23-15-8-9-16-25(23)35(33-24)29(38)32-31-28(39)30-20(17-19-11-4-3-5-12-19)18-34-26(36)21-13-6-7-14-22(21)27(34)37/h3-7,9,11-16,20H,2,10,17-18H2,1H3,(H,32,38)(H2,30,31,39)/t20-/m1/s1. The van der Waals surface area contributed by atoms with Gasteiger partial charge in [0.2, 0.25) is 0 Å². The molecular weight excluding hydrogens is 512 g/mol. The molecule has 197 valence electrons. The molecule has 0 unspecified atom stereocenters. The van der Waals surface area contributed by atoms with Gasteiger partial charge in [-0.15, -0.1) is 0 Å². The van der Waals surface area contributed by atoms with Crippen LogP contribution in [-0.2, 0) is 12.8 Å². The monoisotopic (exact) mass is 539 g/mol. The van der Waals surface area contributed by atoms with E-state index in [1.165, 1.54) is 9.58 Å². The molecule has 0 aliphatic carbocycles. The number of fused-ring (bicyclic) bond motifs is 2. The van der Waals surface area contributed by atoms with E-state index in [2.05, 4.69) is 34.3 Å². The first-order chi connectivity index (χ1) is 19.0. The summed E-state index contributed by atoms with van der Waals surface area (Å²) in [7, 11) is 0. The number of hydrogen-bond donors (Lipinski definition) is 3. The summed E-state index contributed by atoms with van der Waals surface area (Å²) in [5, 5.41) is 8.65. The Labute approximate surface area is 231 Å². The van der Waals surface area contributed by atoms with E-state index in [9.17, 15) is 14.4 Å². The van der Waals surface area contributed by atoms with E-state index in [4.69, 9.17) is 12.2 Å². The highest BCUT2D eigenvalue weighted by atomic mass is 32.1. The van der Waals surface area contributed by atoms with Crippen LogP contribution in [0.5, 0.6) is 0 Å². The lowest BCUT2D eigenvalue weighted by atomic mass is 10.1. The van der Waals surface area contributed by atoms with E-state index in [0.29, 0.717) is 23.1 Å². The van der Waals surface area contributed by atoms with Gasteiger partial charge in [0.25, 0.3) is 11.8 Å². The van der Waals surface area contributed by atoms with Gasteiger partial charge in [-0.2, -0.15) is 9.78 Å².